The molecule has 4 rings (SSSR count). The Bertz CT molecular complexity index is 990. The van der Waals surface area contributed by atoms with Crippen molar-refractivity contribution in [2.24, 2.45) is 7.05 Å². The summed E-state index contributed by atoms with van der Waals surface area (Å²) in [6.45, 7) is 0.430. The van der Waals surface area contributed by atoms with E-state index in [4.69, 9.17) is 10.3 Å². The maximum atomic E-state index is 5.94. The number of fused-ring (bicyclic) bond motifs is 1. The van der Waals surface area contributed by atoms with Crippen molar-refractivity contribution in [1.29, 1.82) is 0 Å². The quantitative estimate of drug-likeness (QED) is 0.593. The third kappa shape index (κ3) is 2.54. The SMILES string of the molecule is Cn1ncc2c(N)nc(NCc3cc(-c4ccccc4)on3)nc21. The van der Waals surface area contributed by atoms with Crippen molar-refractivity contribution >= 4 is 22.8 Å². The van der Waals surface area contributed by atoms with Gasteiger partial charge in [-0.3, -0.25) is 4.68 Å². The van der Waals surface area contributed by atoms with Crippen LogP contribution in [0, 0.1) is 0 Å². The molecule has 0 spiro atoms. The molecule has 8 heteroatoms. The minimum Gasteiger partial charge on any atom is -0.383 e. The van der Waals surface area contributed by atoms with Gasteiger partial charge in [-0.2, -0.15) is 15.1 Å². The van der Waals surface area contributed by atoms with E-state index in [1.807, 2.05) is 43.4 Å². The van der Waals surface area contributed by atoms with E-state index in [1.54, 1.807) is 10.9 Å². The maximum absolute atomic E-state index is 5.94. The highest BCUT2D eigenvalue weighted by Gasteiger charge is 2.10. The molecule has 0 saturated heterocycles. The fourth-order valence-corrected chi connectivity index (χ4v) is 2.43. The van der Waals surface area contributed by atoms with Crippen molar-refractivity contribution in [3.8, 4) is 11.3 Å². The van der Waals surface area contributed by atoms with Gasteiger partial charge in [0.2, 0.25) is 5.95 Å². The average Bonchev–Trinajstić information content (AvgIpc) is 3.22. The summed E-state index contributed by atoms with van der Waals surface area (Å²) in [5, 5.41) is 12.0. The Hall–Kier alpha value is -3.42. The molecule has 120 valence electrons. The lowest BCUT2D eigenvalue weighted by atomic mass is 10.2. The second-order valence-corrected chi connectivity index (χ2v) is 5.34. The number of anilines is 2. The monoisotopic (exact) mass is 321 g/mol. The van der Waals surface area contributed by atoms with Crippen LogP contribution in [0.25, 0.3) is 22.4 Å². The Morgan fingerprint density at radius 1 is 1.21 bits per heavy atom. The fourth-order valence-electron chi connectivity index (χ4n) is 2.43. The highest BCUT2D eigenvalue weighted by Crippen LogP contribution is 2.21. The van der Waals surface area contributed by atoms with Gasteiger partial charge in [0.1, 0.15) is 11.5 Å². The number of nitrogens with one attached hydrogen (secondary N) is 1. The summed E-state index contributed by atoms with van der Waals surface area (Å²) in [4.78, 5) is 8.65. The zero-order valence-electron chi connectivity index (χ0n) is 13.0. The molecule has 3 aromatic heterocycles. The van der Waals surface area contributed by atoms with Gasteiger partial charge in [-0.15, -0.1) is 0 Å². The van der Waals surface area contributed by atoms with E-state index in [0.29, 0.717) is 24.0 Å². The molecule has 0 amide bonds. The first-order valence-corrected chi connectivity index (χ1v) is 7.41. The Labute approximate surface area is 137 Å². The third-order valence-corrected chi connectivity index (χ3v) is 3.67. The number of rotatable bonds is 4. The summed E-state index contributed by atoms with van der Waals surface area (Å²) < 4.78 is 7.03. The van der Waals surface area contributed by atoms with Crippen LogP contribution in [0.1, 0.15) is 5.69 Å². The van der Waals surface area contributed by atoms with E-state index >= 15 is 0 Å². The molecule has 1 aromatic carbocycles. The van der Waals surface area contributed by atoms with E-state index in [-0.39, 0.29) is 0 Å². The maximum Gasteiger partial charge on any atom is 0.227 e. The summed E-state index contributed by atoms with van der Waals surface area (Å²) in [5.74, 6) is 1.53. The zero-order valence-corrected chi connectivity index (χ0v) is 13.0. The van der Waals surface area contributed by atoms with Crippen molar-refractivity contribution in [2.75, 3.05) is 11.1 Å². The minimum atomic E-state index is 0.390. The molecular formula is C16H15N7O. The molecule has 0 aliphatic heterocycles. The Morgan fingerprint density at radius 3 is 2.88 bits per heavy atom. The van der Waals surface area contributed by atoms with Crippen molar-refractivity contribution in [3.05, 3.63) is 48.3 Å². The van der Waals surface area contributed by atoms with Crippen molar-refractivity contribution in [3.63, 3.8) is 0 Å². The average molecular weight is 321 g/mol. The van der Waals surface area contributed by atoms with Crippen LogP contribution in [-0.2, 0) is 13.6 Å². The molecule has 0 unspecified atom stereocenters. The third-order valence-electron chi connectivity index (χ3n) is 3.67. The lowest BCUT2D eigenvalue weighted by molar-refractivity contribution is 0.424. The van der Waals surface area contributed by atoms with Gasteiger partial charge < -0.3 is 15.6 Å². The van der Waals surface area contributed by atoms with Gasteiger partial charge in [0, 0.05) is 18.7 Å². The first-order chi connectivity index (χ1) is 11.7. The summed E-state index contributed by atoms with van der Waals surface area (Å²) >= 11 is 0. The molecule has 0 aliphatic carbocycles. The normalized spacial score (nSPS) is 11.0. The van der Waals surface area contributed by atoms with E-state index in [9.17, 15) is 0 Å². The number of hydrogen-bond acceptors (Lipinski definition) is 7. The molecule has 4 aromatic rings. The smallest absolute Gasteiger partial charge is 0.227 e. The van der Waals surface area contributed by atoms with Crippen LogP contribution in [0.3, 0.4) is 0 Å². The van der Waals surface area contributed by atoms with Crippen LogP contribution in [0.2, 0.25) is 0 Å². The van der Waals surface area contributed by atoms with Crippen LogP contribution in [0.5, 0.6) is 0 Å². The molecule has 0 saturated carbocycles. The van der Waals surface area contributed by atoms with Crippen molar-refractivity contribution in [2.45, 2.75) is 6.54 Å². The summed E-state index contributed by atoms with van der Waals surface area (Å²) in [6.07, 6.45) is 1.65. The second kappa shape index (κ2) is 5.65. The first-order valence-electron chi connectivity index (χ1n) is 7.41. The van der Waals surface area contributed by atoms with Crippen LogP contribution in [0.15, 0.2) is 47.1 Å². The van der Waals surface area contributed by atoms with Crippen molar-refractivity contribution in [1.82, 2.24) is 24.9 Å². The predicted molar refractivity (Wildman–Crippen MR) is 90.0 cm³/mol. The van der Waals surface area contributed by atoms with E-state index in [0.717, 1.165) is 22.4 Å². The van der Waals surface area contributed by atoms with Gasteiger partial charge in [-0.1, -0.05) is 35.5 Å². The first kappa shape index (κ1) is 14.2. The summed E-state index contributed by atoms with van der Waals surface area (Å²) in [5.41, 5.74) is 8.35. The number of nitrogens with two attached hydrogens (primary N) is 1. The van der Waals surface area contributed by atoms with Crippen molar-refractivity contribution < 1.29 is 4.52 Å². The Kier molecular flexibility index (Phi) is 3.34. The fraction of sp³-hybridized carbons (Fsp3) is 0.125. The molecule has 8 nitrogen and oxygen atoms in total. The largest absolute Gasteiger partial charge is 0.383 e. The molecule has 0 atom stereocenters. The summed E-state index contributed by atoms with van der Waals surface area (Å²) in [7, 11) is 1.81. The highest BCUT2D eigenvalue weighted by atomic mass is 16.5. The molecule has 0 fully saturated rings. The van der Waals surface area contributed by atoms with Crippen LogP contribution < -0.4 is 11.1 Å². The molecule has 0 radical (unpaired) electrons. The van der Waals surface area contributed by atoms with Gasteiger partial charge in [-0.25, -0.2) is 0 Å². The van der Waals surface area contributed by atoms with E-state index in [1.165, 1.54) is 0 Å². The second-order valence-electron chi connectivity index (χ2n) is 5.34. The predicted octanol–water partition coefficient (Wildman–Crippen LogP) is 2.21. The minimum absolute atomic E-state index is 0.390. The van der Waals surface area contributed by atoms with Gasteiger partial charge in [-0.05, 0) is 0 Å². The number of aryl methyl sites for hydroxylation is 1. The molecule has 0 aliphatic rings. The number of benzene rings is 1. The van der Waals surface area contributed by atoms with Gasteiger partial charge in [0.15, 0.2) is 11.4 Å². The molecule has 24 heavy (non-hydrogen) atoms. The van der Waals surface area contributed by atoms with Gasteiger partial charge in [0.05, 0.1) is 18.1 Å². The lowest BCUT2D eigenvalue weighted by Crippen LogP contribution is -2.06. The lowest BCUT2D eigenvalue weighted by Gasteiger charge is -2.04. The number of hydrogen-bond donors (Lipinski definition) is 2. The Morgan fingerprint density at radius 2 is 2.04 bits per heavy atom. The van der Waals surface area contributed by atoms with Gasteiger partial charge in [0.25, 0.3) is 0 Å². The molecule has 3 N–H and O–H groups in total. The zero-order chi connectivity index (χ0) is 16.5. The molecular weight excluding hydrogens is 306 g/mol. The number of aromatic nitrogens is 5. The number of nitrogens with zero attached hydrogens (tertiary/aromatic N) is 5. The molecule has 3 heterocycles. The standard InChI is InChI=1S/C16H15N7O/c1-23-15-12(9-19-23)14(17)20-16(21-15)18-8-11-7-13(24-22-11)10-5-3-2-4-6-10/h2-7,9H,8H2,1H3,(H3,17,18,20,21). The topological polar surface area (TPSA) is 108 Å². The number of nitrogen functional groups attached to an aromatic ring is 1. The highest BCUT2D eigenvalue weighted by molar-refractivity contribution is 5.86. The Balaban J connectivity index is 1.53. The van der Waals surface area contributed by atoms with E-state index < -0.39 is 0 Å². The van der Waals surface area contributed by atoms with Crippen LogP contribution >= 0.6 is 0 Å². The van der Waals surface area contributed by atoms with Crippen LogP contribution in [-0.4, -0.2) is 24.9 Å². The molecule has 0 bridgehead atoms. The van der Waals surface area contributed by atoms with Gasteiger partial charge >= 0.3 is 0 Å². The van der Waals surface area contributed by atoms with E-state index in [2.05, 4.69) is 25.5 Å². The summed E-state index contributed by atoms with van der Waals surface area (Å²) in [6, 6.07) is 11.7. The van der Waals surface area contributed by atoms with Crippen LogP contribution in [0.4, 0.5) is 11.8 Å².